The van der Waals surface area contributed by atoms with E-state index in [0.717, 1.165) is 6.54 Å². The Bertz CT molecular complexity index is 535. The third-order valence-electron chi connectivity index (χ3n) is 2.39. The zero-order chi connectivity index (χ0) is 14.5. The van der Waals surface area contributed by atoms with E-state index in [2.05, 4.69) is 10.0 Å². The fraction of sp³-hybridized carbons (Fsp3) is 0.455. The van der Waals surface area contributed by atoms with E-state index in [1.165, 1.54) is 19.2 Å². The molecule has 0 aliphatic rings. The van der Waals surface area contributed by atoms with Gasteiger partial charge in [0.1, 0.15) is 10.6 Å². The van der Waals surface area contributed by atoms with E-state index in [1.54, 1.807) is 7.05 Å². The maximum absolute atomic E-state index is 12.1. The van der Waals surface area contributed by atoms with E-state index in [9.17, 15) is 8.42 Å². The van der Waals surface area contributed by atoms with E-state index in [0.29, 0.717) is 18.7 Å². The van der Waals surface area contributed by atoms with Gasteiger partial charge in [0, 0.05) is 12.6 Å². The summed E-state index contributed by atoms with van der Waals surface area (Å²) in [6.07, 6.45) is 0.678. The number of sulfonamides is 1. The van der Waals surface area contributed by atoms with Gasteiger partial charge in [0.25, 0.3) is 0 Å². The first kappa shape index (κ1) is 16.5. The molecule has 1 rings (SSSR count). The van der Waals surface area contributed by atoms with Crippen molar-refractivity contribution in [3.8, 4) is 5.75 Å². The molecule has 19 heavy (non-hydrogen) atoms. The number of halogens is 2. The average molecular weight is 327 g/mol. The Morgan fingerprint density at radius 2 is 1.89 bits per heavy atom. The van der Waals surface area contributed by atoms with Gasteiger partial charge in [-0.05, 0) is 26.1 Å². The summed E-state index contributed by atoms with van der Waals surface area (Å²) in [7, 11) is -0.436. The summed E-state index contributed by atoms with van der Waals surface area (Å²) >= 11 is 11.8. The lowest BCUT2D eigenvalue weighted by Gasteiger charge is -2.10. The molecule has 0 fully saturated rings. The van der Waals surface area contributed by atoms with Gasteiger partial charge in [0.15, 0.2) is 0 Å². The molecule has 0 aromatic heterocycles. The highest BCUT2D eigenvalue weighted by molar-refractivity contribution is 7.89. The van der Waals surface area contributed by atoms with Crippen LogP contribution < -0.4 is 14.8 Å². The minimum absolute atomic E-state index is 0.0515. The molecule has 0 saturated carbocycles. The molecule has 0 amide bonds. The summed E-state index contributed by atoms with van der Waals surface area (Å²) in [5.74, 6) is 0.334. The molecule has 0 aliphatic heterocycles. The van der Waals surface area contributed by atoms with Crippen LogP contribution in [0.1, 0.15) is 6.42 Å². The van der Waals surface area contributed by atoms with Crippen molar-refractivity contribution in [3.05, 3.63) is 22.2 Å². The summed E-state index contributed by atoms with van der Waals surface area (Å²) in [5, 5.41) is 3.20. The molecule has 8 heteroatoms. The van der Waals surface area contributed by atoms with Crippen LogP contribution in [0.4, 0.5) is 0 Å². The van der Waals surface area contributed by atoms with Crippen molar-refractivity contribution in [2.45, 2.75) is 11.3 Å². The number of methoxy groups -OCH3 is 1. The zero-order valence-corrected chi connectivity index (χ0v) is 13.0. The summed E-state index contributed by atoms with van der Waals surface area (Å²) < 4.78 is 31.5. The Morgan fingerprint density at radius 1 is 1.21 bits per heavy atom. The number of rotatable bonds is 7. The quantitative estimate of drug-likeness (QED) is 0.751. The summed E-state index contributed by atoms with van der Waals surface area (Å²) in [6.45, 7) is 1.04. The van der Waals surface area contributed by atoms with Gasteiger partial charge in [0.05, 0.1) is 17.2 Å². The third kappa shape index (κ3) is 4.50. The van der Waals surface area contributed by atoms with Crippen LogP contribution in [0.2, 0.25) is 10.0 Å². The van der Waals surface area contributed by atoms with Crippen LogP contribution in [0.3, 0.4) is 0 Å². The van der Waals surface area contributed by atoms with E-state index in [1.807, 2.05) is 0 Å². The van der Waals surface area contributed by atoms with Gasteiger partial charge in [0.2, 0.25) is 10.0 Å². The maximum Gasteiger partial charge on any atom is 0.242 e. The Labute approximate surface area is 123 Å². The summed E-state index contributed by atoms with van der Waals surface area (Å²) in [5.41, 5.74) is 0. The van der Waals surface area contributed by atoms with Crippen molar-refractivity contribution < 1.29 is 13.2 Å². The monoisotopic (exact) mass is 326 g/mol. The molecule has 0 atom stereocenters. The van der Waals surface area contributed by atoms with E-state index in [-0.39, 0.29) is 14.9 Å². The first-order valence-electron chi connectivity index (χ1n) is 5.59. The van der Waals surface area contributed by atoms with Crippen LogP contribution >= 0.6 is 23.2 Å². The highest BCUT2D eigenvalue weighted by atomic mass is 35.5. The fourth-order valence-electron chi connectivity index (χ4n) is 1.42. The van der Waals surface area contributed by atoms with Crippen molar-refractivity contribution >= 4 is 33.2 Å². The standard InChI is InChI=1S/C11H16Cl2N2O3S/c1-14-4-3-5-15-19(16,17)11-7-8(12)10(18-2)6-9(11)13/h6-7,14-15H,3-5H2,1-2H3. The third-order valence-corrected chi connectivity index (χ3v) is 4.61. The second kappa shape index (κ2) is 7.31. The topological polar surface area (TPSA) is 67.4 Å². The minimum atomic E-state index is -3.67. The molecular weight excluding hydrogens is 311 g/mol. The number of ether oxygens (including phenoxy) is 1. The second-order valence-corrected chi connectivity index (χ2v) is 6.32. The van der Waals surface area contributed by atoms with Gasteiger partial charge in [-0.15, -0.1) is 0 Å². The molecule has 2 N–H and O–H groups in total. The normalized spacial score (nSPS) is 11.6. The van der Waals surface area contributed by atoms with Crippen molar-refractivity contribution in [2.24, 2.45) is 0 Å². The van der Waals surface area contributed by atoms with Gasteiger partial charge < -0.3 is 10.1 Å². The van der Waals surface area contributed by atoms with E-state index >= 15 is 0 Å². The maximum atomic E-state index is 12.1. The smallest absolute Gasteiger partial charge is 0.242 e. The number of nitrogens with one attached hydrogen (secondary N) is 2. The number of hydrogen-bond acceptors (Lipinski definition) is 4. The molecule has 0 aliphatic carbocycles. The van der Waals surface area contributed by atoms with E-state index < -0.39 is 10.0 Å². The molecule has 0 bridgehead atoms. The van der Waals surface area contributed by atoms with Gasteiger partial charge in [-0.25, -0.2) is 13.1 Å². The lowest BCUT2D eigenvalue weighted by atomic mass is 10.3. The molecule has 0 unspecified atom stereocenters. The molecule has 0 heterocycles. The molecule has 0 radical (unpaired) electrons. The predicted molar refractivity (Wildman–Crippen MR) is 76.7 cm³/mol. The minimum Gasteiger partial charge on any atom is -0.495 e. The van der Waals surface area contributed by atoms with Crippen LogP contribution in [0.5, 0.6) is 5.75 Å². The highest BCUT2D eigenvalue weighted by Gasteiger charge is 2.19. The van der Waals surface area contributed by atoms with Gasteiger partial charge in [-0.1, -0.05) is 23.2 Å². The highest BCUT2D eigenvalue weighted by Crippen LogP contribution is 2.33. The lowest BCUT2D eigenvalue weighted by Crippen LogP contribution is -2.27. The van der Waals surface area contributed by atoms with Crippen LogP contribution in [-0.2, 0) is 10.0 Å². The summed E-state index contributed by atoms with van der Waals surface area (Å²) in [4.78, 5) is -0.0515. The van der Waals surface area contributed by atoms with Crippen molar-refractivity contribution in [1.29, 1.82) is 0 Å². The lowest BCUT2D eigenvalue weighted by molar-refractivity contribution is 0.414. The first-order chi connectivity index (χ1) is 8.92. The average Bonchev–Trinajstić information content (AvgIpc) is 2.36. The van der Waals surface area contributed by atoms with Crippen molar-refractivity contribution in [2.75, 3.05) is 27.2 Å². The molecule has 108 valence electrons. The predicted octanol–water partition coefficient (Wildman–Crippen LogP) is 1.89. The molecule has 5 nitrogen and oxygen atoms in total. The zero-order valence-electron chi connectivity index (χ0n) is 10.7. The van der Waals surface area contributed by atoms with Gasteiger partial charge in [-0.2, -0.15) is 0 Å². The van der Waals surface area contributed by atoms with Crippen molar-refractivity contribution in [3.63, 3.8) is 0 Å². The molecule has 1 aromatic carbocycles. The largest absolute Gasteiger partial charge is 0.495 e. The van der Waals surface area contributed by atoms with Gasteiger partial charge >= 0.3 is 0 Å². The fourth-order valence-corrected chi connectivity index (χ4v) is 3.34. The van der Waals surface area contributed by atoms with Crippen LogP contribution in [0.15, 0.2) is 17.0 Å². The first-order valence-corrected chi connectivity index (χ1v) is 7.83. The Kier molecular flexibility index (Phi) is 6.35. The van der Waals surface area contributed by atoms with Crippen LogP contribution in [0, 0.1) is 0 Å². The molecule has 1 aromatic rings. The second-order valence-electron chi connectivity index (χ2n) is 3.77. The van der Waals surface area contributed by atoms with Gasteiger partial charge in [-0.3, -0.25) is 0 Å². The van der Waals surface area contributed by atoms with Crippen molar-refractivity contribution in [1.82, 2.24) is 10.0 Å². The number of hydrogen-bond donors (Lipinski definition) is 2. The summed E-state index contributed by atoms with van der Waals surface area (Å²) in [6, 6.07) is 2.66. The SMILES string of the molecule is CNCCCNS(=O)(=O)c1cc(Cl)c(OC)cc1Cl. The Hall–Kier alpha value is -0.530. The van der Waals surface area contributed by atoms with E-state index in [4.69, 9.17) is 27.9 Å². The van der Waals surface area contributed by atoms with Crippen LogP contribution in [-0.4, -0.2) is 35.7 Å². The number of benzene rings is 1. The van der Waals surface area contributed by atoms with Crippen LogP contribution in [0.25, 0.3) is 0 Å². The Balaban J connectivity index is 2.92. The molecular formula is C11H16Cl2N2O3S. The molecule has 0 saturated heterocycles. The Morgan fingerprint density at radius 3 is 2.47 bits per heavy atom. The molecule has 0 spiro atoms.